The van der Waals surface area contributed by atoms with Crippen LogP contribution in [0, 0.1) is 12.8 Å². The molecule has 1 unspecified atom stereocenters. The van der Waals surface area contributed by atoms with Gasteiger partial charge in [-0.1, -0.05) is 11.6 Å². The number of carbonyl (C=O) groups excluding carboxylic acids is 1. The monoisotopic (exact) mass is 411 g/mol. The maximum atomic E-state index is 13.0. The Morgan fingerprint density at radius 3 is 2.46 bits per heavy atom. The van der Waals surface area contributed by atoms with Gasteiger partial charge in [-0.15, -0.1) is 0 Å². The van der Waals surface area contributed by atoms with Crippen molar-refractivity contribution in [3.05, 3.63) is 22.2 Å². The molecule has 28 heavy (non-hydrogen) atoms. The summed E-state index contributed by atoms with van der Waals surface area (Å²) in [6, 6.07) is 2.33. The van der Waals surface area contributed by atoms with Crippen molar-refractivity contribution < 1.29 is 23.4 Å². The summed E-state index contributed by atoms with van der Waals surface area (Å²) in [7, 11) is 1.34. The Labute approximate surface area is 169 Å². The zero-order valence-electron chi connectivity index (χ0n) is 16.5. The summed E-state index contributed by atoms with van der Waals surface area (Å²) >= 11 is 6.38. The Morgan fingerprint density at radius 2 is 1.86 bits per heavy atom. The van der Waals surface area contributed by atoms with Crippen LogP contribution in [0.3, 0.4) is 0 Å². The summed E-state index contributed by atoms with van der Waals surface area (Å²) < 4.78 is 30.3. The molecule has 0 spiro atoms. The number of nitrogens with one attached hydrogen (secondary N) is 1. The van der Waals surface area contributed by atoms with Gasteiger partial charge in [-0.3, -0.25) is 0 Å². The number of hydrogen-bond donors (Lipinski definition) is 1. The van der Waals surface area contributed by atoms with E-state index in [1.165, 1.54) is 7.11 Å². The number of carbonyl (C=O) groups is 1. The molecule has 0 saturated heterocycles. The van der Waals surface area contributed by atoms with Gasteiger partial charge in [-0.05, 0) is 51.5 Å². The van der Waals surface area contributed by atoms with E-state index >= 15 is 0 Å². The van der Waals surface area contributed by atoms with E-state index in [0.717, 1.165) is 25.7 Å². The number of esters is 1. The van der Waals surface area contributed by atoms with Crippen molar-refractivity contribution in [1.82, 2.24) is 5.32 Å². The minimum atomic E-state index is -0.809. The first-order chi connectivity index (χ1) is 13.3. The fourth-order valence-electron chi connectivity index (χ4n) is 4.64. The van der Waals surface area contributed by atoms with Crippen LogP contribution in [0.5, 0.6) is 11.5 Å². The minimum Gasteiger partial charge on any atom is -0.465 e. The Bertz CT molecular complexity index is 774. The highest BCUT2D eigenvalue weighted by atomic mass is 35.5. The first kappa shape index (κ1) is 19.8. The van der Waals surface area contributed by atoms with E-state index in [0.29, 0.717) is 52.6 Å². The maximum Gasteiger partial charge on any atom is 0.338 e. The largest absolute Gasteiger partial charge is 0.465 e. The number of benzene rings is 1. The van der Waals surface area contributed by atoms with E-state index in [4.69, 9.17) is 25.8 Å². The number of methoxy groups -OCH3 is 1. The van der Waals surface area contributed by atoms with Crippen molar-refractivity contribution in [1.29, 1.82) is 0 Å². The van der Waals surface area contributed by atoms with Crippen LogP contribution >= 0.6 is 11.6 Å². The highest BCUT2D eigenvalue weighted by Gasteiger charge is 2.47. The van der Waals surface area contributed by atoms with Crippen LogP contribution in [0.4, 0.5) is 4.39 Å². The van der Waals surface area contributed by atoms with E-state index in [2.05, 4.69) is 5.32 Å². The fraction of sp³-hybridized carbons (Fsp3) is 0.667. The molecule has 1 atom stereocenters. The number of halogens is 2. The molecule has 154 valence electrons. The standard InChI is InChI=1S/C21H27ClFNO4/c1-11-16(20(25)26-3)10-17(22)19-18(11)27-21(2,28-19)12-4-6-14(7-5-12)24-15-8-13(23)9-15/h10,12-15,24H,4-9H2,1-3H3/t12?,13-,14?,15-,21?. The molecule has 0 aromatic heterocycles. The molecular weight excluding hydrogens is 385 g/mol. The summed E-state index contributed by atoms with van der Waals surface area (Å²) in [6.45, 7) is 3.76. The molecule has 3 aliphatic rings. The van der Waals surface area contributed by atoms with Gasteiger partial charge in [0.25, 0.3) is 5.79 Å². The number of hydrogen-bond acceptors (Lipinski definition) is 5. The predicted octanol–water partition coefficient (Wildman–Crippen LogP) is 4.57. The second kappa shape index (κ2) is 7.38. The quantitative estimate of drug-likeness (QED) is 0.735. The molecule has 1 N–H and O–H groups in total. The van der Waals surface area contributed by atoms with E-state index in [-0.39, 0.29) is 5.92 Å². The van der Waals surface area contributed by atoms with Gasteiger partial charge in [0, 0.05) is 30.5 Å². The van der Waals surface area contributed by atoms with Crippen LogP contribution in [0.25, 0.3) is 0 Å². The van der Waals surface area contributed by atoms with Gasteiger partial charge < -0.3 is 19.5 Å². The third-order valence-electron chi connectivity index (χ3n) is 6.47. The maximum absolute atomic E-state index is 13.0. The van der Waals surface area contributed by atoms with Crippen LogP contribution in [0.15, 0.2) is 6.07 Å². The van der Waals surface area contributed by atoms with Crippen molar-refractivity contribution in [3.63, 3.8) is 0 Å². The van der Waals surface area contributed by atoms with Gasteiger partial charge in [-0.25, -0.2) is 9.18 Å². The number of ether oxygens (including phenoxy) is 3. The second-order valence-corrected chi connectivity index (χ2v) is 8.79. The number of rotatable bonds is 4. The lowest BCUT2D eigenvalue weighted by Crippen LogP contribution is -2.51. The van der Waals surface area contributed by atoms with E-state index < -0.39 is 17.9 Å². The molecule has 1 aromatic rings. The van der Waals surface area contributed by atoms with E-state index in [1.807, 2.05) is 13.8 Å². The van der Waals surface area contributed by atoms with Crippen molar-refractivity contribution >= 4 is 17.6 Å². The van der Waals surface area contributed by atoms with Crippen molar-refractivity contribution in [2.75, 3.05) is 7.11 Å². The molecule has 0 radical (unpaired) electrons. The van der Waals surface area contributed by atoms with Crippen LogP contribution in [-0.2, 0) is 4.74 Å². The van der Waals surface area contributed by atoms with Gasteiger partial charge in [0.15, 0.2) is 11.5 Å². The first-order valence-electron chi connectivity index (χ1n) is 10.00. The zero-order chi connectivity index (χ0) is 20.1. The summed E-state index contributed by atoms with van der Waals surface area (Å²) in [6.07, 6.45) is 4.57. The average molecular weight is 412 g/mol. The molecule has 1 aromatic carbocycles. The average Bonchev–Trinajstić information content (AvgIpc) is 3.03. The number of fused-ring (bicyclic) bond motifs is 1. The molecule has 5 nitrogen and oxygen atoms in total. The van der Waals surface area contributed by atoms with Gasteiger partial charge in [-0.2, -0.15) is 0 Å². The molecule has 1 aliphatic heterocycles. The van der Waals surface area contributed by atoms with Gasteiger partial charge in [0.05, 0.1) is 17.7 Å². The third-order valence-corrected chi connectivity index (χ3v) is 6.76. The van der Waals surface area contributed by atoms with Crippen LogP contribution < -0.4 is 14.8 Å². The summed E-state index contributed by atoms with van der Waals surface area (Å²) in [4.78, 5) is 12.0. The Kier molecular flexibility index (Phi) is 5.21. The Morgan fingerprint density at radius 1 is 1.21 bits per heavy atom. The number of alkyl halides is 1. The van der Waals surface area contributed by atoms with Crippen molar-refractivity contribution in [3.8, 4) is 11.5 Å². The third kappa shape index (κ3) is 3.45. The highest BCUT2D eigenvalue weighted by molar-refractivity contribution is 6.32. The SMILES string of the molecule is COC(=O)c1cc(Cl)c2c(c1C)OC(C)(C1CCC(N[C@H]3C[C@H](F)C3)CC1)O2. The molecule has 4 rings (SSSR count). The summed E-state index contributed by atoms with van der Waals surface area (Å²) in [5, 5.41) is 3.93. The minimum absolute atomic E-state index is 0.213. The van der Waals surface area contributed by atoms with Gasteiger partial charge in [0.2, 0.25) is 0 Å². The van der Waals surface area contributed by atoms with E-state index in [9.17, 15) is 9.18 Å². The Hall–Kier alpha value is -1.53. The van der Waals surface area contributed by atoms with Crippen molar-refractivity contribution in [2.45, 2.75) is 76.4 Å². The summed E-state index contributed by atoms with van der Waals surface area (Å²) in [5.74, 6) is -0.0170. The molecule has 1 heterocycles. The van der Waals surface area contributed by atoms with Gasteiger partial charge in [0.1, 0.15) is 6.17 Å². The predicted molar refractivity (Wildman–Crippen MR) is 104 cm³/mol. The molecule has 2 saturated carbocycles. The lowest BCUT2D eigenvalue weighted by Gasteiger charge is -2.40. The normalized spacial score (nSPS) is 34.0. The van der Waals surface area contributed by atoms with Gasteiger partial charge >= 0.3 is 5.97 Å². The zero-order valence-corrected chi connectivity index (χ0v) is 17.3. The molecule has 0 bridgehead atoms. The fourth-order valence-corrected chi connectivity index (χ4v) is 4.87. The molecular formula is C21H27ClFNO4. The molecule has 0 amide bonds. The van der Waals surface area contributed by atoms with Crippen LogP contribution in [-0.4, -0.2) is 37.1 Å². The highest BCUT2D eigenvalue weighted by Crippen LogP contribution is 2.51. The molecule has 7 heteroatoms. The second-order valence-electron chi connectivity index (χ2n) is 8.38. The van der Waals surface area contributed by atoms with Crippen LogP contribution in [0.2, 0.25) is 5.02 Å². The van der Waals surface area contributed by atoms with Crippen LogP contribution in [0.1, 0.15) is 61.4 Å². The topological polar surface area (TPSA) is 56.8 Å². The summed E-state index contributed by atoms with van der Waals surface area (Å²) in [5.41, 5.74) is 1.06. The van der Waals surface area contributed by atoms with Crippen molar-refractivity contribution in [2.24, 2.45) is 5.92 Å². The lowest BCUT2D eigenvalue weighted by molar-refractivity contribution is -0.121. The lowest BCUT2D eigenvalue weighted by atomic mass is 9.80. The molecule has 2 fully saturated rings. The molecule has 2 aliphatic carbocycles. The smallest absolute Gasteiger partial charge is 0.338 e. The van der Waals surface area contributed by atoms with E-state index in [1.54, 1.807) is 6.07 Å². The first-order valence-corrected chi connectivity index (χ1v) is 10.4. The Balaban J connectivity index is 1.44.